The van der Waals surface area contributed by atoms with Crippen molar-refractivity contribution in [1.82, 2.24) is 0 Å². The molecule has 0 aromatic carbocycles. The minimum Gasteiger partial charge on any atom is -0.462 e. The van der Waals surface area contributed by atoms with Crippen LogP contribution in [0, 0.1) is 5.92 Å². The number of hydrogen-bond acceptors (Lipinski definition) is 6. The lowest BCUT2D eigenvalue weighted by Crippen LogP contribution is -2.30. The van der Waals surface area contributed by atoms with Gasteiger partial charge in [0.1, 0.15) is 13.2 Å². The fourth-order valence-electron chi connectivity index (χ4n) is 7.66. The van der Waals surface area contributed by atoms with Crippen molar-refractivity contribution in [2.24, 2.45) is 5.92 Å². The number of ether oxygens (including phenoxy) is 3. The Balaban J connectivity index is 4.11. The van der Waals surface area contributed by atoms with E-state index in [1.807, 2.05) is 0 Å². The summed E-state index contributed by atoms with van der Waals surface area (Å²) in [5.41, 5.74) is 0. The van der Waals surface area contributed by atoms with Crippen molar-refractivity contribution in [1.29, 1.82) is 0 Å². The Morgan fingerprint density at radius 2 is 0.614 bits per heavy atom. The monoisotopic (exact) mass is 807 g/mol. The molecule has 2 atom stereocenters. The molecule has 6 nitrogen and oxygen atoms in total. The van der Waals surface area contributed by atoms with Crippen LogP contribution in [0.2, 0.25) is 0 Å². The zero-order valence-corrected chi connectivity index (χ0v) is 38.8. The first kappa shape index (κ1) is 55.4. The van der Waals surface area contributed by atoms with Crippen molar-refractivity contribution in [2.75, 3.05) is 13.2 Å². The zero-order valence-electron chi connectivity index (χ0n) is 38.8. The van der Waals surface area contributed by atoms with Crippen LogP contribution in [-0.4, -0.2) is 37.2 Å². The highest BCUT2D eigenvalue weighted by molar-refractivity contribution is 5.71. The molecule has 0 amide bonds. The Bertz CT molecular complexity index is 859. The summed E-state index contributed by atoms with van der Waals surface area (Å²) in [5.74, 6) is 0.0356. The maximum atomic E-state index is 12.7. The van der Waals surface area contributed by atoms with E-state index in [4.69, 9.17) is 14.2 Å². The molecule has 0 aliphatic carbocycles. The predicted octanol–water partition coefficient (Wildman–Crippen LogP) is 16.3. The standard InChI is InChI=1S/C51H98O6/c1-5-8-10-12-13-14-15-16-17-18-23-26-29-32-36-40-44-51(54)57-48(45-55-49(52)42-38-33-11-9-6-2)46-56-50(53)43-39-35-31-28-25-22-20-19-21-24-27-30-34-37-41-47(4)7-3/h47-48H,5-46H2,1-4H3/t47?,48-/m0/s1. The summed E-state index contributed by atoms with van der Waals surface area (Å²) in [5, 5.41) is 0. The highest BCUT2D eigenvalue weighted by Gasteiger charge is 2.19. The molecule has 0 spiro atoms. The predicted molar refractivity (Wildman–Crippen MR) is 243 cm³/mol. The molecule has 1 unspecified atom stereocenters. The molecule has 0 saturated heterocycles. The van der Waals surface area contributed by atoms with E-state index >= 15 is 0 Å². The highest BCUT2D eigenvalue weighted by Crippen LogP contribution is 2.18. The molecule has 57 heavy (non-hydrogen) atoms. The molecule has 0 fully saturated rings. The average Bonchev–Trinajstić information content (AvgIpc) is 3.21. The number of esters is 3. The van der Waals surface area contributed by atoms with Crippen molar-refractivity contribution in [3.8, 4) is 0 Å². The third-order valence-corrected chi connectivity index (χ3v) is 11.9. The van der Waals surface area contributed by atoms with Crippen LogP contribution in [0.5, 0.6) is 0 Å². The molecule has 0 saturated carbocycles. The van der Waals surface area contributed by atoms with Crippen LogP contribution in [0.4, 0.5) is 0 Å². The van der Waals surface area contributed by atoms with Gasteiger partial charge in [-0.1, -0.05) is 246 Å². The van der Waals surface area contributed by atoms with Gasteiger partial charge in [-0.25, -0.2) is 0 Å². The first-order valence-electron chi connectivity index (χ1n) is 25.4. The van der Waals surface area contributed by atoms with E-state index in [0.29, 0.717) is 19.3 Å². The van der Waals surface area contributed by atoms with E-state index in [2.05, 4.69) is 27.7 Å². The van der Waals surface area contributed by atoms with Crippen molar-refractivity contribution in [3.63, 3.8) is 0 Å². The topological polar surface area (TPSA) is 78.9 Å². The van der Waals surface area contributed by atoms with Crippen LogP contribution in [0.3, 0.4) is 0 Å². The van der Waals surface area contributed by atoms with Gasteiger partial charge in [-0.3, -0.25) is 14.4 Å². The second-order valence-corrected chi connectivity index (χ2v) is 17.7. The van der Waals surface area contributed by atoms with Crippen LogP contribution in [0.15, 0.2) is 0 Å². The Labute approximate surface area is 355 Å². The van der Waals surface area contributed by atoms with Gasteiger partial charge < -0.3 is 14.2 Å². The maximum Gasteiger partial charge on any atom is 0.306 e. The molecule has 0 aliphatic rings. The minimum absolute atomic E-state index is 0.0639. The maximum absolute atomic E-state index is 12.7. The Morgan fingerprint density at radius 3 is 0.912 bits per heavy atom. The summed E-state index contributed by atoms with van der Waals surface area (Å²) in [7, 11) is 0. The molecule has 338 valence electrons. The molecule has 0 heterocycles. The van der Waals surface area contributed by atoms with Gasteiger partial charge in [0.25, 0.3) is 0 Å². The fraction of sp³-hybridized carbons (Fsp3) is 0.941. The van der Waals surface area contributed by atoms with Gasteiger partial charge in [0.05, 0.1) is 0 Å². The lowest BCUT2D eigenvalue weighted by atomic mass is 9.99. The number of carbonyl (C=O) groups excluding carboxylic acids is 3. The molecular weight excluding hydrogens is 709 g/mol. The van der Waals surface area contributed by atoms with Gasteiger partial charge in [0.2, 0.25) is 0 Å². The molecule has 0 N–H and O–H groups in total. The molecule has 0 bridgehead atoms. The first-order chi connectivity index (χ1) is 27.9. The molecule has 0 rings (SSSR count). The summed E-state index contributed by atoms with van der Waals surface area (Å²) in [4.78, 5) is 37.6. The summed E-state index contributed by atoms with van der Waals surface area (Å²) in [6, 6.07) is 0. The van der Waals surface area contributed by atoms with Gasteiger partial charge >= 0.3 is 17.9 Å². The van der Waals surface area contributed by atoms with Crippen LogP contribution in [-0.2, 0) is 28.6 Å². The van der Waals surface area contributed by atoms with Gasteiger partial charge in [0, 0.05) is 19.3 Å². The normalized spacial score (nSPS) is 12.4. The highest BCUT2D eigenvalue weighted by atomic mass is 16.6. The minimum atomic E-state index is -0.758. The van der Waals surface area contributed by atoms with Crippen LogP contribution >= 0.6 is 0 Å². The lowest BCUT2D eigenvalue weighted by molar-refractivity contribution is -0.167. The van der Waals surface area contributed by atoms with Gasteiger partial charge in [-0.2, -0.15) is 0 Å². The number of unbranched alkanes of at least 4 members (excludes halogenated alkanes) is 32. The van der Waals surface area contributed by atoms with E-state index in [-0.39, 0.29) is 31.1 Å². The van der Waals surface area contributed by atoms with E-state index in [9.17, 15) is 14.4 Å². The summed E-state index contributed by atoms with van der Waals surface area (Å²) >= 11 is 0. The molecule has 0 aliphatic heterocycles. The van der Waals surface area contributed by atoms with Crippen LogP contribution in [0.25, 0.3) is 0 Å². The van der Waals surface area contributed by atoms with E-state index in [1.165, 1.54) is 173 Å². The third-order valence-electron chi connectivity index (χ3n) is 11.9. The molecule has 0 radical (unpaired) electrons. The Kier molecular flexibility index (Phi) is 44.2. The second-order valence-electron chi connectivity index (χ2n) is 17.7. The summed E-state index contributed by atoms with van der Waals surface area (Å²) in [6.45, 7) is 8.99. The van der Waals surface area contributed by atoms with Crippen molar-refractivity contribution < 1.29 is 28.6 Å². The number of carbonyl (C=O) groups is 3. The van der Waals surface area contributed by atoms with E-state index in [0.717, 1.165) is 70.1 Å². The number of rotatable bonds is 46. The Morgan fingerprint density at radius 1 is 0.351 bits per heavy atom. The number of hydrogen-bond donors (Lipinski definition) is 0. The summed E-state index contributed by atoms with van der Waals surface area (Å²) < 4.78 is 16.7. The van der Waals surface area contributed by atoms with E-state index in [1.54, 1.807) is 0 Å². The van der Waals surface area contributed by atoms with Crippen LogP contribution < -0.4 is 0 Å². The van der Waals surface area contributed by atoms with Crippen molar-refractivity contribution in [3.05, 3.63) is 0 Å². The SMILES string of the molecule is CCCCCCCCCCCCCCCCCCC(=O)O[C@@H](COC(=O)CCCCCCC)COC(=O)CCCCCCCCCCCCCCCCC(C)CC. The van der Waals surface area contributed by atoms with Crippen LogP contribution in [0.1, 0.15) is 285 Å². The molecular formula is C51H98O6. The van der Waals surface area contributed by atoms with E-state index < -0.39 is 6.10 Å². The van der Waals surface area contributed by atoms with Crippen molar-refractivity contribution in [2.45, 2.75) is 291 Å². The second kappa shape index (κ2) is 45.5. The van der Waals surface area contributed by atoms with Gasteiger partial charge in [-0.05, 0) is 25.2 Å². The smallest absolute Gasteiger partial charge is 0.306 e. The molecule has 0 aromatic heterocycles. The third kappa shape index (κ3) is 43.8. The fourth-order valence-corrected chi connectivity index (χ4v) is 7.66. The average molecular weight is 807 g/mol. The largest absolute Gasteiger partial charge is 0.462 e. The van der Waals surface area contributed by atoms with Gasteiger partial charge in [-0.15, -0.1) is 0 Å². The van der Waals surface area contributed by atoms with Crippen molar-refractivity contribution >= 4 is 17.9 Å². The molecule has 0 aromatic rings. The summed E-state index contributed by atoms with van der Waals surface area (Å²) in [6.07, 6.45) is 46.8. The zero-order chi connectivity index (χ0) is 41.7. The first-order valence-corrected chi connectivity index (χ1v) is 25.4. The quantitative estimate of drug-likeness (QED) is 0.0346. The Hall–Kier alpha value is -1.59. The molecule has 6 heteroatoms. The lowest BCUT2D eigenvalue weighted by Gasteiger charge is -2.18. The van der Waals surface area contributed by atoms with Gasteiger partial charge in [0.15, 0.2) is 6.10 Å².